The molecule has 1 amide bonds. The Balaban J connectivity index is 1.56. The Hall–Kier alpha value is -3.75. The molecule has 1 aromatic heterocycles. The molecule has 1 aliphatic heterocycles. The number of benzene rings is 3. The molecule has 1 aliphatic rings. The molecular formula is C29H28N2O5S. The third kappa shape index (κ3) is 4.82. The van der Waals surface area contributed by atoms with Crippen LogP contribution in [0.15, 0.2) is 83.8 Å². The SMILES string of the molecule is CCc1ccc(Oc2ccccc2)c(C2(C(=O)NS(=O)(=O)c3cccc4nc(C)ccc34)CCCO2)c1. The number of rotatable bonds is 7. The Morgan fingerprint density at radius 2 is 1.86 bits per heavy atom. The predicted molar refractivity (Wildman–Crippen MR) is 141 cm³/mol. The maximum atomic E-state index is 13.9. The van der Waals surface area contributed by atoms with Gasteiger partial charge in [-0.15, -0.1) is 0 Å². The van der Waals surface area contributed by atoms with Gasteiger partial charge >= 0.3 is 0 Å². The first kappa shape index (κ1) is 24.9. The maximum absolute atomic E-state index is 13.9. The summed E-state index contributed by atoms with van der Waals surface area (Å²) in [7, 11) is -4.23. The Morgan fingerprint density at radius 3 is 2.59 bits per heavy atom. The largest absolute Gasteiger partial charge is 0.457 e. The van der Waals surface area contributed by atoms with E-state index in [-0.39, 0.29) is 4.90 Å². The summed E-state index contributed by atoms with van der Waals surface area (Å²) in [5.74, 6) is 0.309. The average molecular weight is 517 g/mol. The zero-order valence-electron chi connectivity index (χ0n) is 20.7. The lowest BCUT2D eigenvalue weighted by Crippen LogP contribution is -2.46. The summed E-state index contributed by atoms with van der Waals surface area (Å²) in [5, 5.41) is 0.441. The van der Waals surface area contributed by atoms with E-state index in [0.29, 0.717) is 47.4 Å². The highest BCUT2D eigenvalue weighted by Gasteiger charge is 2.48. The van der Waals surface area contributed by atoms with Crippen molar-refractivity contribution >= 4 is 26.8 Å². The second kappa shape index (κ2) is 9.95. The number of sulfonamides is 1. The molecule has 4 aromatic rings. The summed E-state index contributed by atoms with van der Waals surface area (Å²) in [4.78, 5) is 18.3. The standard InChI is InChI=1S/C29H28N2O5S/c1-3-21-14-16-26(36-22-9-5-4-6-10-22)24(19-21)29(17-8-18-35-29)28(32)31-37(33,34)27-12-7-11-25-23(27)15-13-20(2)30-25/h4-7,9-16,19H,3,8,17-18H2,1-2H3,(H,31,32). The number of aryl methyl sites for hydroxylation is 2. The number of nitrogens with one attached hydrogen (secondary N) is 1. The van der Waals surface area contributed by atoms with Crippen molar-refractivity contribution < 1.29 is 22.7 Å². The topological polar surface area (TPSA) is 94.6 Å². The zero-order chi connectivity index (χ0) is 26.0. The van der Waals surface area contributed by atoms with E-state index in [1.54, 1.807) is 24.3 Å². The first-order chi connectivity index (χ1) is 17.8. The molecule has 3 aromatic carbocycles. The summed E-state index contributed by atoms with van der Waals surface area (Å²) in [5.41, 5.74) is 1.29. The van der Waals surface area contributed by atoms with Crippen LogP contribution in [0.3, 0.4) is 0 Å². The van der Waals surface area contributed by atoms with Crippen LogP contribution in [0.2, 0.25) is 0 Å². The van der Waals surface area contributed by atoms with Crippen LogP contribution >= 0.6 is 0 Å². The van der Waals surface area contributed by atoms with Crippen LogP contribution in [0.1, 0.15) is 36.6 Å². The number of amides is 1. The summed E-state index contributed by atoms with van der Waals surface area (Å²) in [6, 6.07) is 23.1. The van der Waals surface area contributed by atoms with E-state index in [0.717, 1.165) is 17.7 Å². The van der Waals surface area contributed by atoms with Gasteiger partial charge in [0.15, 0.2) is 5.60 Å². The van der Waals surface area contributed by atoms with Gasteiger partial charge in [-0.1, -0.05) is 37.3 Å². The Morgan fingerprint density at radius 1 is 1.05 bits per heavy atom. The second-order valence-electron chi connectivity index (χ2n) is 9.09. The third-order valence-corrected chi connectivity index (χ3v) is 7.98. The number of fused-ring (bicyclic) bond motifs is 1. The molecule has 0 radical (unpaired) electrons. The number of hydrogen-bond donors (Lipinski definition) is 1. The normalized spacial score (nSPS) is 17.6. The van der Waals surface area contributed by atoms with Crippen LogP contribution in [0, 0.1) is 6.92 Å². The molecule has 37 heavy (non-hydrogen) atoms. The van der Waals surface area contributed by atoms with E-state index in [9.17, 15) is 13.2 Å². The molecule has 0 bridgehead atoms. The minimum absolute atomic E-state index is 0.0120. The summed E-state index contributed by atoms with van der Waals surface area (Å²) in [6.45, 7) is 4.18. The molecule has 8 heteroatoms. The molecular weight excluding hydrogens is 488 g/mol. The quantitative estimate of drug-likeness (QED) is 0.353. The molecule has 1 unspecified atom stereocenters. The Kier molecular flexibility index (Phi) is 6.70. The van der Waals surface area contributed by atoms with Crippen LogP contribution in [-0.4, -0.2) is 25.9 Å². The number of pyridine rings is 1. The van der Waals surface area contributed by atoms with Gasteiger partial charge in [0.1, 0.15) is 11.5 Å². The van der Waals surface area contributed by atoms with Gasteiger partial charge in [0.05, 0.1) is 10.4 Å². The lowest BCUT2D eigenvalue weighted by atomic mass is 9.88. The third-order valence-electron chi connectivity index (χ3n) is 6.59. The van der Waals surface area contributed by atoms with Crippen molar-refractivity contribution in [2.75, 3.05) is 6.61 Å². The number of carbonyl (C=O) groups is 1. The Bertz CT molecular complexity index is 1560. The average Bonchev–Trinajstić information content (AvgIpc) is 3.40. The molecule has 0 saturated carbocycles. The van der Waals surface area contributed by atoms with Crippen molar-refractivity contribution in [1.82, 2.24) is 9.71 Å². The number of para-hydroxylation sites is 1. The van der Waals surface area contributed by atoms with Crippen LogP contribution in [0.25, 0.3) is 10.9 Å². The number of ether oxygens (including phenoxy) is 2. The zero-order valence-corrected chi connectivity index (χ0v) is 21.5. The van der Waals surface area contributed by atoms with Gasteiger partial charge in [0, 0.05) is 23.3 Å². The van der Waals surface area contributed by atoms with E-state index in [1.165, 1.54) is 6.07 Å². The highest BCUT2D eigenvalue weighted by Crippen LogP contribution is 2.43. The first-order valence-electron chi connectivity index (χ1n) is 12.3. The van der Waals surface area contributed by atoms with Crippen LogP contribution < -0.4 is 9.46 Å². The predicted octanol–water partition coefficient (Wildman–Crippen LogP) is 5.41. The van der Waals surface area contributed by atoms with E-state index in [2.05, 4.69) is 9.71 Å². The van der Waals surface area contributed by atoms with Crippen LogP contribution in [-0.2, 0) is 31.6 Å². The van der Waals surface area contributed by atoms with Crippen LogP contribution in [0.4, 0.5) is 0 Å². The molecule has 190 valence electrons. The lowest BCUT2D eigenvalue weighted by Gasteiger charge is -2.29. The van der Waals surface area contributed by atoms with Gasteiger partial charge in [0.25, 0.3) is 15.9 Å². The second-order valence-corrected chi connectivity index (χ2v) is 10.7. The molecule has 0 spiro atoms. The van der Waals surface area contributed by atoms with Gasteiger partial charge in [-0.3, -0.25) is 9.78 Å². The summed E-state index contributed by atoms with van der Waals surface area (Å²) < 4.78 is 41.6. The lowest BCUT2D eigenvalue weighted by molar-refractivity contribution is -0.140. The van der Waals surface area contributed by atoms with Crippen molar-refractivity contribution in [2.24, 2.45) is 0 Å². The van der Waals surface area contributed by atoms with Gasteiger partial charge < -0.3 is 9.47 Å². The number of nitrogens with zero attached hydrogens (tertiary/aromatic N) is 1. The monoisotopic (exact) mass is 516 g/mol. The fourth-order valence-electron chi connectivity index (χ4n) is 4.69. The number of aromatic nitrogens is 1. The molecule has 7 nitrogen and oxygen atoms in total. The fourth-order valence-corrected chi connectivity index (χ4v) is 5.93. The first-order valence-corrected chi connectivity index (χ1v) is 13.7. The molecule has 1 N–H and O–H groups in total. The number of hydrogen-bond acceptors (Lipinski definition) is 6. The van der Waals surface area contributed by atoms with Gasteiger partial charge in [0.2, 0.25) is 0 Å². The molecule has 1 fully saturated rings. The molecule has 1 saturated heterocycles. The smallest absolute Gasteiger partial charge is 0.270 e. The van der Waals surface area contributed by atoms with Gasteiger partial charge in [-0.2, -0.15) is 0 Å². The van der Waals surface area contributed by atoms with Gasteiger partial charge in [-0.05, 0) is 80.3 Å². The Labute approximate surface area is 216 Å². The molecule has 1 atom stereocenters. The highest BCUT2D eigenvalue weighted by molar-refractivity contribution is 7.90. The summed E-state index contributed by atoms with van der Waals surface area (Å²) >= 11 is 0. The number of carbonyl (C=O) groups excluding carboxylic acids is 1. The molecule has 2 heterocycles. The van der Waals surface area contributed by atoms with Crippen molar-refractivity contribution in [2.45, 2.75) is 43.6 Å². The summed E-state index contributed by atoms with van der Waals surface area (Å²) in [6.07, 6.45) is 1.66. The minimum Gasteiger partial charge on any atom is -0.457 e. The highest BCUT2D eigenvalue weighted by atomic mass is 32.2. The van der Waals surface area contributed by atoms with E-state index in [1.807, 2.05) is 62.4 Å². The van der Waals surface area contributed by atoms with Crippen molar-refractivity contribution in [1.29, 1.82) is 0 Å². The van der Waals surface area contributed by atoms with E-state index in [4.69, 9.17) is 9.47 Å². The van der Waals surface area contributed by atoms with Crippen LogP contribution in [0.5, 0.6) is 11.5 Å². The van der Waals surface area contributed by atoms with Crippen molar-refractivity contribution in [3.8, 4) is 11.5 Å². The van der Waals surface area contributed by atoms with Gasteiger partial charge in [-0.25, -0.2) is 13.1 Å². The van der Waals surface area contributed by atoms with Crippen molar-refractivity contribution in [3.05, 3.63) is 95.7 Å². The fraction of sp³-hybridized carbons (Fsp3) is 0.241. The van der Waals surface area contributed by atoms with E-state index < -0.39 is 21.5 Å². The molecule has 0 aliphatic carbocycles. The molecule has 5 rings (SSSR count). The van der Waals surface area contributed by atoms with E-state index >= 15 is 0 Å². The van der Waals surface area contributed by atoms with Crippen molar-refractivity contribution in [3.63, 3.8) is 0 Å². The maximum Gasteiger partial charge on any atom is 0.270 e. The minimum atomic E-state index is -4.23.